The number of para-hydroxylation sites is 2. The van der Waals surface area contributed by atoms with Gasteiger partial charge in [0.2, 0.25) is 11.0 Å². The zero-order valence-corrected chi connectivity index (χ0v) is 20.1. The average Bonchev–Trinajstić information content (AvgIpc) is 3.34. The molecular formula is C26H21N3O6S. The molecular weight excluding hydrogens is 482 g/mol. The lowest BCUT2D eigenvalue weighted by atomic mass is 10.0. The van der Waals surface area contributed by atoms with Gasteiger partial charge >= 0.3 is 12.2 Å². The number of hydrogen-bond acceptors (Lipinski definition) is 9. The molecule has 10 heteroatoms. The van der Waals surface area contributed by atoms with Gasteiger partial charge in [0.15, 0.2) is 0 Å². The van der Waals surface area contributed by atoms with Crippen LogP contribution in [-0.4, -0.2) is 42.5 Å². The van der Waals surface area contributed by atoms with Crippen molar-refractivity contribution in [3.63, 3.8) is 0 Å². The number of benzene rings is 2. The first kappa shape index (κ1) is 23.5. The second kappa shape index (κ2) is 10.5. The molecule has 5 rings (SSSR count). The predicted octanol–water partition coefficient (Wildman–Crippen LogP) is 5.71. The van der Waals surface area contributed by atoms with Crippen molar-refractivity contribution >= 4 is 44.4 Å². The van der Waals surface area contributed by atoms with Crippen LogP contribution in [0.3, 0.4) is 0 Å². The molecule has 0 bridgehead atoms. The fraction of sp³-hybridized carbons (Fsp3) is 0.154. The molecule has 9 nitrogen and oxygen atoms in total. The fourth-order valence-corrected chi connectivity index (χ4v) is 4.71. The first-order valence-corrected chi connectivity index (χ1v) is 11.9. The number of pyridine rings is 1. The summed E-state index contributed by atoms with van der Waals surface area (Å²) in [5.41, 5.74) is 2.31. The van der Waals surface area contributed by atoms with Crippen LogP contribution in [0.5, 0.6) is 17.4 Å². The number of nitrogens with zero attached hydrogens (tertiary/aromatic N) is 3. The van der Waals surface area contributed by atoms with E-state index in [0.717, 1.165) is 32.1 Å². The van der Waals surface area contributed by atoms with E-state index in [2.05, 4.69) is 9.97 Å². The standard InChI is InChI=1S/C26H21N3O6S/c1-32-23-21-22(20(16-27-23)17-12-14-33-15-13-17)36-24(28-21)29(25(30)34-18-8-4-2-5-9-18)26(31)35-19-10-6-3-7-11-19/h2-12,16H,13-15H2,1H3. The molecule has 0 saturated carbocycles. The van der Waals surface area contributed by atoms with Crippen LogP contribution in [0.15, 0.2) is 72.9 Å². The molecule has 0 N–H and O–H groups in total. The van der Waals surface area contributed by atoms with Crippen LogP contribution in [0, 0.1) is 0 Å². The number of rotatable bonds is 5. The molecule has 1 aliphatic rings. The van der Waals surface area contributed by atoms with Gasteiger partial charge in [-0.1, -0.05) is 53.8 Å². The van der Waals surface area contributed by atoms with Gasteiger partial charge in [0.1, 0.15) is 17.0 Å². The van der Waals surface area contributed by atoms with E-state index in [0.29, 0.717) is 25.2 Å². The maximum Gasteiger partial charge on any atom is 0.431 e. The SMILES string of the molecule is COc1ncc(C2=CCOCC2)c2sc(N(C(=O)Oc3ccccc3)C(=O)Oc3ccccc3)nc12. The molecule has 2 amide bonds. The Hall–Kier alpha value is -4.28. The number of aromatic nitrogens is 2. The number of carbonyl (C=O) groups is 2. The van der Waals surface area contributed by atoms with Crippen LogP contribution in [0.4, 0.5) is 14.7 Å². The third-order valence-corrected chi connectivity index (χ3v) is 6.40. The van der Waals surface area contributed by atoms with Crippen molar-refractivity contribution in [2.45, 2.75) is 6.42 Å². The highest BCUT2D eigenvalue weighted by Gasteiger charge is 2.32. The Balaban J connectivity index is 1.58. The van der Waals surface area contributed by atoms with Crippen LogP contribution in [-0.2, 0) is 4.74 Å². The lowest BCUT2D eigenvalue weighted by Gasteiger charge is -2.17. The fourth-order valence-electron chi connectivity index (χ4n) is 3.63. The Morgan fingerprint density at radius 3 is 2.17 bits per heavy atom. The van der Waals surface area contributed by atoms with E-state index in [4.69, 9.17) is 18.9 Å². The predicted molar refractivity (Wildman–Crippen MR) is 135 cm³/mol. The molecule has 0 spiro atoms. The van der Waals surface area contributed by atoms with E-state index in [9.17, 15) is 9.59 Å². The van der Waals surface area contributed by atoms with Gasteiger partial charge in [0.25, 0.3) is 0 Å². The quantitative estimate of drug-likeness (QED) is 0.342. The Kier molecular flexibility index (Phi) is 6.87. The van der Waals surface area contributed by atoms with Gasteiger partial charge in [-0.3, -0.25) is 0 Å². The largest absolute Gasteiger partial charge is 0.479 e. The normalized spacial score (nSPS) is 13.1. The van der Waals surface area contributed by atoms with Gasteiger partial charge in [0.05, 0.1) is 25.0 Å². The lowest BCUT2D eigenvalue weighted by molar-refractivity contribution is 0.161. The number of fused-ring (bicyclic) bond motifs is 1. The van der Waals surface area contributed by atoms with E-state index in [1.54, 1.807) is 66.9 Å². The van der Waals surface area contributed by atoms with Gasteiger partial charge < -0.3 is 18.9 Å². The summed E-state index contributed by atoms with van der Waals surface area (Å²) in [6.45, 7) is 1.08. The summed E-state index contributed by atoms with van der Waals surface area (Å²) in [6.07, 6.45) is 2.47. The first-order valence-electron chi connectivity index (χ1n) is 11.1. The van der Waals surface area contributed by atoms with Crippen LogP contribution in [0.2, 0.25) is 0 Å². The van der Waals surface area contributed by atoms with Crippen LogP contribution in [0.25, 0.3) is 15.8 Å². The number of methoxy groups -OCH3 is 1. The summed E-state index contributed by atoms with van der Waals surface area (Å²) in [5, 5.41) is 0.0621. The highest BCUT2D eigenvalue weighted by atomic mass is 32.1. The van der Waals surface area contributed by atoms with Crippen molar-refractivity contribution in [3.05, 3.63) is 78.5 Å². The molecule has 0 atom stereocenters. The van der Waals surface area contributed by atoms with Gasteiger partial charge in [-0.15, -0.1) is 0 Å². The number of anilines is 1. The molecule has 4 aromatic rings. The minimum absolute atomic E-state index is 0.0621. The average molecular weight is 504 g/mol. The number of thiazole rings is 1. The van der Waals surface area contributed by atoms with Crippen LogP contribution < -0.4 is 19.1 Å². The number of carbonyl (C=O) groups excluding carboxylic acids is 2. The van der Waals surface area contributed by atoms with Crippen molar-refractivity contribution in [3.8, 4) is 17.4 Å². The summed E-state index contributed by atoms with van der Waals surface area (Å²) >= 11 is 1.14. The van der Waals surface area contributed by atoms with Gasteiger partial charge in [-0.05, 0) is 36.3 Å². The molecule has 0 aliphatic carbocycles. The monoisotopic (exact) mass is 503 g/mol. The Bertz CT molecular complexity index is 1370. The van der Waals surface area contributed by atoms with Gasteiger partial charge in [0, 0.05) is 11.8 Å². The molecule has 0 saturated heterocycles. The Morgan fingerprint density at radius 2 is 1.61 bits per heavy atom. The first-order chi connectivity index (χ1) is 17.6. The zero-order valence-electron chi connectivity index (χ0n) is 19.2. The van der Waals surface area contributed by atoms with E-state index >= 15 is 0 Å². The summed E-state index contributed by atoms with van der Waals surface area (Å²) < 4.78 is 22.5. The molecule has 36 heavy (non-hydrogen) atoms. The lowest BCUT2D eigenvalue weighted by Crippen LogP contribution is -2.41. The number of imide groups is 1. The third kappa shape index (κ3) is 4.90. The maximum absolute atomic E-state index is 13.3. The smallest absolute Gasteiger partial charge is 0.431 e. The molecule has 2 aromatic carbocycles. The van der Waals surface area contributed by atoms with Crippen molar-refractivity contribution in [2.75, 3.05) is 25.2 Å². The zero-order chi connectivity index (χ0) is 24.9. The van der Waals surface area contributed by atoms with Gasteiger partial charge in [-0.2, -0.15) is 4.90 Å². The highest BCUT2D eigenvalue weighted by Crippen LogP contribution is 2.39. The van der Waals surface area contributed by atoms with E-state index in [1.165, 1.54) is 7.11 Å². The number of ether oxygens (including phenoxy) is 4. The third-order valence-electron chi connectivity index (χ3n) is 5.33. The van der Waals surface area contributed by atoms with Crippen LogP contribution in [0.1, 0.15) is 12.0 Å². The van der Waals surface area contributed by atoms with E-state index in [-0.39, 0.29) is 22.5 Å². The second-order valence-electron chi connectivity index (χ2n) is 7.61. The topological polar surface area (TPSA) is 100 Å². The van der Waals surface area contributed by atoms with E-state index in [1.807, 2.05) is 6.08 Å². The summed E-state index contributed by atoms with van der Waals surface area (Å²) in [7, 11) is 1.49. The summed E-state index contributed by atoms with van der Waals surface area (Å²) in [6, 6.07) is 16.9. The molecule has 182 valence electrons. The minimum Gasteiger partial charge on any atom is -0.479 e. The van der Waals surface area contributed by atoms with Crippen molar-refractivity contribution < 1.29 is 28.5 Å². The van der Waals surface area contributed by atoms with Crippen LogP contribution >= 0.6 is 11.3 Å². The summed E-state index contributed by atoms with van der Waals surface area (Å²) in [4.78, 5) is 36.2. The molecule has 1 aliphatic heterocycles. The summed E-state index contributed by atoms with van der Waals surface area (Å²) in [5.74, 6) is 0.818. The highest BCUT2D eigenvalue weighted by molar-refractivity contribution is 7.22. The Morgan fingerprint density at radius 1 is 0.972 bits per heavy atom. The maximum atomic E-state index is 13.3. The Labute approximate surface area is 210 Å². The number of amides is 2. The van der Waals surface area contributed by atoms with Crippen molar-refractivity contribution in [1.29, 1.82) is 0 Å². The minimum atomic E-state index is -0.958. The molecule has 0 unspecified atom stereocenters. The molecule has 3 heterocycles. The van der Waals surface area contributed by atoms with Crippen molar-refractivity contribution in [2.24, 2.45) is 0 Å². The molecule has 2 aromatic heterocycles. The second-order valence-corrected chi connectivity index (χ2v) is 8.58. The molecule has 0 fully saturated rings. The van der Waals surface area contributed by atoms with E-state index < -0.39 is 12.2 Å². The number of hydrogen-bond donors (Lipinski definition) is 0. The molecule has 0 radical (unpaired) electrons. The van der Waals surface area contributed by atoms with Gasteiger partial charge in [-0.25, -0.2) is 19.6 Å². The van der Waals surface area contributed by atoms with Crippen molar-refractivity contribution in [1.82, 2.24) is 9.97 Å².